The topological polar surface area (TPSA) is 54.5 Å². The molecule has 0 saturated carbocycles. The predicted molar refractivity (Wildman–Crippen MR) is 86.0 cm³/mol. The van der Waals surface area contributed by atoms with E-state index in [0.717, 1.165) is 50.2 Å². The van der Waals surface area contributed by atoms with Crippen LogP contribution in [0.5, 0.6) is 0 Å². The third-order valence-electron chi connectivity index (χ3n) is 3.92. The van der Waals surface area contributed by atoms with E-state index >= 15 is 0 Å². The molecule has 1 N–H and O–H groups in total. The summed E-state index contributed by atoms with van der Waals surface area (Å²) in [7, 11) is 0. The van der Waals surface area contributed by atoms with Crippen LogP contribution in [0.25, 0.3) is 10.9 Å². The molecule has 0 spiro atoms. The van der Waals surface area contributed by atoms with Crippen LogP contribution in [0, 0.1) is 0 Å². The first kappa shape index (κ1) is 14.9. The molecule has 1 aromatic carbocycles. The molecule has 2 aromatic rings. The SMILES string of the molecule is O=C(NCCCN1CCOCC1)c1cccc2cccnc12. The maximum Gasteiger partial charge on any atom is 0.253 e. The minimum atomic E-state index is -0.0497. The second-order valence-corrected chi connectivity index (χ2v) is 5.44. The fourth-order valence-corrected chi connectivity index (χ4v) is 2.71. The number of rotatable bonds is 5. The molecule has 3 rings (SSSR count). The number of hydrogen-bond donors (Lipinski definition) is 1. The number of benzene rings is 1. The van der Waals surface area contributed by atoms with Crippen LogP contribution in [-0.2, 0) is 4.74 Å². The number of pyridine rings is 1. The minimum absolute atomic E-state index is 0.0497. The van der Waals surface area contributed by atoms with Crippen LogP contribution in [-0.4, -0.2) is 55.2 Å². The molecule has 1 amide bonds. The van der Waals surface area contributed by atoms with Gasteiger partial charge in [-0.15, -0.1) is 0 Å². The highest BCUT2D eigenvalue weighted by atomic mass is 16.5. The number of nitrogens with one attached hydrogen (secondary N) is 1. The van der Waals surface area contributed by atoms with E-state index in [4.69, 9.17) is 4.74 Å². The summed E-state index contributed by atoms with van der Waals surface area (Å²) in [5.41, 5.74) is 1.40. The zero-order valence-electron chi connectivity index (χ0n) is 12.6. The van der Waals surface area contributed by atoms with Gasteiger partial charge in [0.1, 0.15) is 0 Å². The van der Waals surface area contributed by atoms with E-state index < -0.39 is 0 Å². The van der Waals surface area contributed by atoms with Gasteiger partial charge in [-0.25, -0.2) is 0 Å². The van der Waals surface area contributed by atoms with Crippen molar-refractivity contribution >= 4 is 16.8 Å². The first-order valence-corrected chi connectivity index (χ1v) is 7.76. The zero-order valence-corrected chi connectivity index (χ0v) is 12.6. The zero-order chi connectivity index (χ0) is 15.2. The summed E-state index contributed by atoms with van der Waals surface area (Å²) in [5, 5.41) is 3.98. The largest absolute Gasteiger partial charge is 0.379 e. The van der Waals surface area contributed by atoms with Gasteiger partial charge in [0.25, 0.3) is 5.91 Å². The predicted octanol–water partition coefficient (Wildman–Crippen LogP) is 1.69. The lowest BCUT2D eigenvalue weighted by Crippen LogP contribution is -2.38. The van der Waals surface area contributed by atoms with E-state index in [-0.39, 0.29) is 5.91 Å². The van der Waals surface area contributed by atoms with Crippen molar-refractivity contribution in [2.45, 2.75) is 6.42 Å². The van der Waals surface area contributed by atoms with Crippen molar-refractivity contribution in [1.82, 2.24) is 15.2 Å². The van der Waals surface area contributed by atoms with E-state index in [1.807, 2.05) is 30.3 Å². The quantitative estimate of drug-likeness (QED) is 0.854. The summed E-state index contributed by atoms with van der Waals surface area (Å²) in [5.74, 6) is -0.0497. The minimum Gasteiger partial charge on any atom is -0.379 e. The molecule has 5 heteroatoms. The Morgan fingerprint density at radius 1 is 1.23 bits per heavy atom. The van der Waals surface area contributed by atoms with Gasteiger partial charge in [0, 0.05) is 31.2 Å². The Morgan fingerprint density at radius 3 is 2.91 bits per heavy atom. The van der Waals surface area contributed by atoms with Crippen LogP contribution in [0.4, 0.5) is 0 Å². The number of aromatic nitrogens is 1. The van der Waals surface area contributed by atoms with Gasteiger partial charge < -0.3 is 10.1 Å². The van der Waals surface area contributed by atoms with E-state index in [0.29, 0.717) is 12.1 Å². The van der Waals surface area contributed by atoms with Gasteiger partial charge in [-0.1, -0.05) is 18.2 Å². The van der Waals surface area contributed by atoms with Gasteiger partial charge >= 0.3 is 0 Å². The number of amides is 1. The summed E-state index contributed by atoms with van der Waals surface area (Å²) in [6, 6.07) is 9.54. The fraction of sp³-hybridized carbons (Fsp3) is 0.412. The van der Waals surface area contributed by atoms with Crippen LogP contribution in [0.2, 0.25) is 0 Å². The van der Waals surface area contributed by atoms with Gasteiger partial charge in [0.05, 0.1) is 24.3 Å². The Balaban J connectivity index is 1.53. The van der Waals surface area contributed by atoms with E-state index in [1.165, 1.54) is 0 Å². The number of carbonyl (C=O) groups excluding carboxylic acids is 1. The van der Waals surface area contributed by atoms with Crippen molar-refractivity contribution in [2.24, 2.45) is 0 Å². The first-order valence-electron chi connectivity index (χ1n) is 7.76. The van der Waals surface area contributed by atoms with E-state index in [2.05, 4.69) is 15.2 Å². The van der Waals surface area contributed by atoms with Crippen molar-refractivity contribution in [3.8, 4) is 0 Å². The third-order valence-corrected chi connectivity index (χ3v) is 3.92. The first-order chi connectivity index (χ1) is 10.8. The molecule has 1 saturated heterocycles. The highest BCUT2D eigenvalue weighted by molar-refractivity contribution is 6.05. The number of hydrogen-bond acceptors (Lipinski definition) is 4. The number of fused-ring (bicyclic) bond motifs is 1. The van der Waals surface area contributed by atoms with Crippen LogP contribution >= 0.6 is 0 Å². The molecule has 0 bridgehead atoms. The number of nitrogens with zero attached hydrogens (tertiary/aromatic N) is 2. The summed E-state index contributed by atoms with van der Waals surface area (Å²) in [6.45, 7) is 5.28. The van der Waals surface area contributed by atoms with Crippen LogP contribution in [0.3, 0.4) is 0 Å². The number of ether oxygens (including phenoxy) is 1. The maximum absolute atomic E-state index is 12.3. The molecule has 1 aromatic heterocycles. The standard InChI is InChI=1S/C17H21N3O2/c21-17(19-8-3-9-20-10-12-22-13-11-20)15-6-1-4-14-5-2-7-18-16(14)15/h1-2,4-7H,3,8-13H2,(H,19,21). The Kier molecular flexibility index (Phi) is 4.98. The Hall–Kier alpha value is -1.98. The van der Waals surface area contributed by atoms with E-state index in [9.17, 15) is 4.79 Å². The van der Waals surface area contributed by atoms with Gasteiger partial charge in [-0.2, -0.15) is 0 Å². The highest BCUT2D eigenvalue weighted by Crippen LogP contribution is 2.15. The van der Waals surface area contributed by atoms with Crippen LogP contribution in [0.1, 0.15) is 16.8 Å². The molecule has 1 aliphatic heterocycles. The number of para-hydroxylation sites is 1. The molecular formula is C17H21N3O2. The molecule has 116 valence electrons. The van der Waals surface area contributed by atoms with E-state index in [1.54, 1.807) is 6.20 Å². The number of morpholine rings is 1. The lowest BCUT2D eigenvalue weighted by Gasteiger charge is -2.26. The molecule has 1 fully saturated rings. The van der Waals surface area contributed by atoms with Crippen molar-refractivity contribution in [2.75, 3.05) is 39.4 Å². The van der Waals surface area contributed by atoms with Crippen molar-refractivity contribution in [3.05, 3.63) is 42.1 Å². The van der Waals surface area contributed by atoms with Gasteiger partial charge in [0.15, 0.2) is 0 Å². The fourth-order valence-electron chi connectivity index (χ4n) is 2.71. The summed E-state index contributed by atoms with van der Waals surface area (Å²) in [6.07, 6.45) is 2.67. The summed E-state index contributed by atoms with van der Waals surface area (Å²) < 4.78 is 5.32. The highest BCUT2D eigenvalue weighted by Gasteiger charge is 2.12. The smallest absolute Gasteiger partial charge is 0.253 e. The second-order valence-electron chi connectivity index (χ2n) is 5.44. The van der Waals surface area contributed by atoms with Crippen molar-refractivity contribution < 1.29 is 9.53 Å². The lowest BCUT2D eigenvalue weighted by molar-refractivity contribution is 0.0374. The molecule has 0 unspecified atom stereocenters. The average Bonchev–Trinajstić information content (AvgIpc) is 2.59. The van der Waals surface area contributed by atoms with Gasteiger partial charge in [0.2, 0.25) is 0 Å². The molecule has 0 atom stereocenters. The summed E-state index contributed by atoms with van der Waals surface area (Å²) in [4.78, 5) is 19.0. The molecular weight excluding hydrogens is 278 g/mol. The lowest BCUT2D eigenvalue weighted by atomic mass is 10.1. The van der Waals surface area contributed by atoms with Crippen LogP contribution < -0.4 is 5.32 Å². The summed E-state index contributed by atoms with van der Waals surface area (Å²) >= 11 is 0. The Bertz CT molecular complexity index is 633. The maximum atomic E-state index is 12.3. The molecule has 5 nitrogen and oxygen atoms in total. The van der Waals surface area contributed by atoms with Crippen LogP contribution in [0.15, 0.2) is 36.5 Å². The molecule has 22 heavy (non-hydrogen) atoms. The molecule has 2 heterocycles. The van der Waals surface area contributed by atoms with Gasteiger partial charge in [-0.3, -0.25) is 14.7 Å². The third kappa shape index (κ3) is 3.61. The van der Waals surface area contributed by atoms with Gasteiger partial charge in [-0.05, 0) is 25.1 Å². The van der Waals surface area contributed by atoms with Crippen molar-refractivity contribution in [1.29, 1.82) is 0 Å². The molecule has 0 radical (unpaired) electrons. The second kappa shape index (κ2) is 7.33. The molecule has 1 aliphatic rings. The molecule has 0 aliphatic carbocycles. The Morgan fingerprint density at radius 2 is 2.05 bits per heavy atom. The monoisotopic (exact) mass is 299 g/mol. The number of carbonyl (C=O) groups is 1. The average molecular weight is 299 g/mol. The normalized spacial score (nSPS) is 15.8. The Labute approximate surface area is 130 Å². The van der Waals surface area contributed by atoms with Crippen molar-refractivity contribution in [3.63, 3.8) is 0 Å².